The van der Waals surface area contributed by atoms with E-state index >= 15 is 0 Å². The third-order valence-electron chi connectivity index (χ3n) is 2.81. The number of nitrogens with one attached hydrogen (secondary N) is 2. The van der Waals surface area contributed by atoms with Crippen molar-refractivity contribution in [3.8, 4) is 0 Å². The van der Waals surface area contributed by atoms with E-state index < -0.39 is 10.0 Å². The van der Waals surface area contributed by atoms with Crippen molar-refractivity contribution in [1.29, 1.82) is 0 Å². The molecule has 0 spiro atoms. The summed E-state index contributed by atoms with van der Waals surface area (Å²) in [5.74, 6) is 0.126. The molecule has 0 aromatic carbocycles. The smallest absolute Gasteiger partial charge is 0.212 e. The summed E-state index contributed by atoms with van der Waals surface area (Å²) in [6.45, 7) is 5.35. The fraction of sp³-hybridized carbons (Fsp3) is 1.00. The Morgan fingerprint density at radius 1 is 1.44 bits per heavy atom. The highest BCUT2D eigenvalue weighted by molar-refractivity contribution is 7.89. The van der Waals surface area contributed by atoms with Crippen molar-refractivity contribution in [2.75, 3.05) is 26.0 Å². The van der Waals surface area contributed by atoms with E-state index in [1.807, 2.05) is 0 Å². The van der Waals surface area contributed by atoms with Crippen LogP contribution in [0.3, 0.4) is 0 Å². The van der Waals surface area contributed by atoms with Crippen LogP contribution in [0.5, 0.6) is 0 Å². The Bertz CT molecular complexity index is 314. The van der Waals surface area contributed by atoms with Crippen LogP contribution in [0.2, 0.25) is 0 Å². The van der Waals surface area contributed by atoms with E-state index in [4.69, 9.17) is 4.74 Å². The van der Waals surface area contributed by atoms with Crippen molar-refractivity contribution in [3.63, 3.8) is 0 Å². The van der Waals surface area contributed by atoms with Gasteiger partial charge in [0, 0.05) is 19.2 Å². The van der Waals surface area contributed by atoms with Crippen LogP contribution in [0.15, 0.2) is 0 Å². The Morgan fingerprint density at radius 2 is 2.12 bits per heavy atom. The van der Waals surface area contributed by atoms with E-state index in [0.717, 1.165) is 19.4 Å². The molecule has 0 amide bonds. The topological polar surface area (TPSA) is 67.4 Å². The fourth-order valence-corrected chi connectivity index (χ4v) is 2.50. The normalized spacial score (nSPS) is 25.6. The molecule has 0 aromatic rings. The molecule has 1 unspecified atom stereocenters. The van der Waals surface area contributed by atoms with Gasteiger partial charge in [0.15, 0.2) is 0 Å². The number of hydrogen-bond acceptors (Lipinski definition) is 4. The Balaban J connectivity index is 2.28. The van der Waals surface area contributed by atoms with Crippen LogP contribution in [0.1, 0.15) is 26.7 Å². The SMILES string of the molecule is CNS(=O)(=O)CCNC1CCOC(C)(C)C1. The number of sulfonamides is 1. The van der Waals surface area contributed by atoms with Gasteiger partial charge in [-0.1, -0.05) is 0 Å². The summed E-state index contributed by atoms with van der Waals surface area (Å²) in [4.78, 5) is 0. The molecule has 1 atom stereocenters. The van der Waals surface area contributed by atoms with Crippen LogP contribution in [0.25, 0.3) is 0 Å². The van der Waals surface area contributed by atoms with Crippen LogP contribution >= 0.6 is 0 Å². The van der Waals surface area contributed by atoms with Gasteiger partial charge in [0.25, 0.3) is 0 Å². The third-order valence-corrected chi connectivity index (χ3v) is 4.18. The summed E-state index contributed by atoms with van der Waals surface area (Å²) in [5, 5.41) is 3.27. The lowest BCUT2D eigenvalue weighted by Gasteiger charge is -2.35. The minimum atomic E-state index is -3.09. The lowest BCUT2D eigenvalue weighted by Crippen LogP contribution is -2.45. The molecule has 1 saturated heterocycles. The largest absolute Gasteiger partial charge is 0.375 e. The van der Waals surface area contributed by atoms with E-state index in [0.29, 0.717) is 12.6 Å². The maximum Gasteiger partial charge on any atom is 0.212 e. The zero-order valence-electron chi connectivity index (χ0n) is 10.2. The van der Waals surface area contributed by atoms with Crippen LogP contribution in [-0.4, -0.2) is 46.0 Å². The van der Waals surface area contributed by atoms with Gasteiger partial charge in [-0.25, -0.2) is 13.1 Å². The lowest BCUT2D eigenvalue weighted by atomic mass is 9.94. The van der Waals surface area contributed by atoms with E-state index in [-0.39, 0.29) is 11.4 Å². The van der Waals surface area contributed by atoms with Gasteiger partial charge in [-0.15, -0.1) is 0 Å². The Labute approximate surface area is 98.0 Å². The first-order valence-electron chi connectivity index (χ1n) is 5.63. The Kier molecular flexibility index (Phi) is 4.73. The molecule has 1 aliphatic heterocycles. The number of rotatable bonds is 5. The van der Waals surface area contributed by atoms with E-state index in [1.165, 1.54) is 7.05 Å². The predicted molar refractivity (Wildman–Crippen MR) is 63.9 cm³/mol. The van der Waals surface area contributed by atoms with Gasteiger partial charge in [0.05, 0.1) is 11.4 Å². The highest BCUT2D eigenvalue weighted by Crippen LogP contribution is 2.23. The van der Waals surface area contributed by atoms with Crippen molar-refractivity contribution >= 4 is 10.0 Å². The highest BCUT2D eigenvalue weighted by Gasteiger charge is 2.28. The van der Waals surface area contributed by atoms with Crippen molar-refractivity contribution in [1.82, 2.24) is 10.0 Å². The van der Waals surface area contributed by atoms with Gasteiger partial charge in [0.2, 0.25) is 10.0 Å². The molecule has 0 saturated carbocycles. The van der Waals surface area contributed by atoms with Gasteiger partial charge >= 0.3 is 0 Å². The second-order valence-corrected chi connectivity index (χ2v) is 6.82. The molecular weight excluding hydrogens is 228 g/mol. The van der Waals surface area contributed by atoms with Crippen molar-refractivity contribution in [2.24, 2.45) is 0 Å². The first-order chi connectivity index (χ1) is 7.35. The monoisotopic (exact) mass is 250 g/mol. The van der Waals surface area contributed by atoms with Crippen LogP contribution in [0, 0.1) is 0 Å². The summed E-state index contributed by atoms with van der Waals surface area (Å²) in [7, 11) is -1.66. The summed E-state index contributed by atoms with van der Waals surface area (Å²) >= 11 is 0. The molecule has 6 heteroatoms. The molecule has 2 N–H and O–H groups in total. The van der Waals surface area contributed by atoms with Gasteiger partial charge in [-0.2, -0.15) is 0 Å². The van der Waals surface area contributed by atoms with Gasteiger partial charge < -0.3 is 10.1 Å². The molecule has 1 fully saturated rings. The molecule has 0 aliphatic carbocycles. The standard InChI is InChI=1S/C10H22N2O3S/c1-10(2)8-9(4-6-15-10)12-5-7-16(13,14)11-3/h9,11-12H,4-8H2,1-3H3. The molecule has 96 valence electrons. The Morgan fingerprint density at radius 3 is 2.69 bits per heavy atom. The third kappa shape index (κ3) is 4.78. The second-order valence-electron chi connectivity index (χ2n) is 4.77. The summed E-state index contributed by atoms with van der Waals surface area (Å²) in [6.07, 6.45) is 1.87. The van der Waals surface area contributed by atoms with E-state index in [2.05, 4.69) is 23.9 Å². The van der Waals surface area contributed by atoms with Gasteiger partial charge in [-0.05, 0) is 33.7 Å². The molecule has 5 nitrogen and oxygen atoms in total. The number of hydrogen-bond donors (Lipinski definition) is 2. The molecule has 1 aliphatic rings. The predicted octanol–water partition coefficient (Wildman–Crippen LogP) is 0.0828. The zero-order chi connectivity index (χ0) is 12.2. The average molecular weight is 250 g/mol. The molecule has 1 heterocycles. The number of ether oxygens (including phenoxy) is 1. The van der Waals surface area contributed by atoms with Gasteiger partial charge in [0.1, 0.15) is 0 Å². The van der Waals surface area contributed by atoms with E-state index in [9.17, 15) is 8.42 Å². The van der Waals surface area contributed by atoms with Crippen LogP contribution < -0.4 is 10.0 Å². The average Bonchev–Trinajstić information content (AvgIpc) is 2.16. The highest BCUT2D eigenvalue weighted by atomic mass is 32.2. The van der Waals surface area contributed by atoms with E-state index in [1.54, 1.807) is 0 Å². The first kappa shape index (κ1) is 13.9. The quantitative estimate of drug-likeness (QED) is 0.725. The fourth-order valence-electron chi connectivity index (χ4n) is 1.91. The second kappa shape index (κ2) is 5.44. The van der Waals surface area contributed by atoms with Crippen molar-refractivity contribution in [3.05, 3.63) is 0 Å². The summed E-state index contributed by atoms with van der Waals surface area (Å²) in [5.41, 5.74) is -0.0994. The van der Waals surface area contributed by atoms with Crippen LogP contribution in [-0.2, 0) is 14.8 Å². The minimum Gasteiger partial charge on any atom is -0.375 e. The maximum atomic E-state index is 11.2. The Hall–Kier alpha value is -0.170. The molecular formula is C10H22N2O3S. The first-order valence-corrected chi connectivity index (χ1v) is 7.28. The maximum absolute atomic E-state index is 11.2. The van der Waals surface area contributed by atoms with Crippen LogP contribution in [0.4, 0.5) is 0 Å². The molecule has 0 bridgehead atoms. The summed E-state index contributed by atoms with van der Waals surface area (Å²) in [6, 6.07) is 0.357. The summed E-state index contributed by atoms with van der Waals surface area (Å²) < 4.78 is 30.3. The molecule has 0 aromatic heterocycles. The zero-order valence-corrected chi connectivity index (χ0v) is 11.1. The molecule has 0 radical (unpaired) electrons. The van der Waals surface area contributed by atoms with Gasteiger partial charge in [-0.3, -0.25) is 0 Å². The molecule has 16 heavy (non-hydrogen) atoms. The lowest BCUT2D eigenvalue weighted by molar-refractivity contribution is -0.0625. The van der Waals surface area contributed by atoms with Crippen molar-refractivity contribution in [2.45, 2.75) is 38.3 Å². The molecule has 1 rings (SSSR count). The minimum absolute atomic E-state index is 0.0994. The van der Waals surface area contributed by atoms with Crippen molar-refractivity contribution < 1.29 is 13.2 Å².